The fourth-order valence-corrected chi connectivity index (χ4v) is 4.98. The van der Waals surface area contributed by atoms with Crippen molar-refractivity contribution < 1.29 is 14.3 Å². The Bertz CT molecular complexity index is 1120. The smallest absolute Gasteiger partial charge is 0.268 e. The molecule has 3 aromatic rings. The van der Waals surface area contributed by atoms with Crippen LogP contribution in [0.5, 0.6) is 11.5 Å². The molecule has 35 heavy (non-hydrogen) atoms. The lowest BCUT2D eigenvalue weighted by molar-refractivity contribution is -0.122. The molecule has 0 saturated carbocycles. The van der Waals surface area contributed by atoms with Crippen molar-refractivity contribution in [1.29, 1.82) is 0 Å². The molecule has 5 rings (SSSR count). The van der Waals surface area contributed by atoms with Crippen molar-refractivity contribution in [2.75, 3.05) is 37.7 Å². The maximum absolute atomic E-state index is 13.2. The number of anilines is 1. The minimum Gasteiger partial charge on any atom is -0.492 e. The van der Waals surface area contributed by atoms with Crippen LogP contribution in [0.25, 0.3) is 11.1 Å². The molecule has 2 aliphatic heterocycles. The zero-order chi connectivity index (χ0) is 24.0. The summed E-state index contributed by atoms with van der Waals surface area (Å²) in [5.41, 5.74) is 4.35. The molecule has 182 valence electrons. The summed E-state index contributed by atoms with van der Waals surface area (Å²) in [6, 6.07) is 24.3. The van der Waals surface area contributed by atoms with Crippen molar-refractivity contribution in [1.82, 2.24) is 4.90 Å². The predicted octanol–water partition coefficient (Wildman–Crippen LogP) is 5.57. The first kappa shape index (κ1) is 23.4. The Morgan fingerprint density at radius 1 is 0.886 bits per heavy atom. The van der Waals surface area contributed by atoms with Crippen LogP contribution in [0.3, 0.4) is 0 Å². The first-order chi connectivity index (χ1) is 17.2. The third kappa shape index (κ3) is 5.51. The van der Waals surface area contributed by atoms with Gasteiger partial charge in [0.15, 0.2) is 6.10 Å². The van der Waals surface area contributed by atoms with Crippen LogP contribution in [0.4, 0.5) is 5.69 Å². The van der Waals surface area contributed by atoms with Gasteiger partial charge in [-0.05, 0) is 79.4 Å². The van der Waals surface area contributed by atoms with Crippen LogP contribution < -0.4 is 14.4 Å². The summed E-state index contributed by atoms with van der Waals surface area (Å²) in [4.78, 5) is 17.5. The maximum Gasteiger partial charge on any atom is 0.268 e. The minimum atomic E-state index is -0.459. The van der Waals surface area contributed by atoms with Gasteiger partial charge in [0.05, 0.1) is 0 Å². The predicted molar refractivity (Wildman–Crippen MR) is 140 cm³/mol. The van der Waals surface area contributed by atoms with Gasteiger partial charge in [-0.1, -0.05) is 49.4 Å². The Kier molecular flexibility index (Phi) is 7.34. The molecule has 0 radical (unpaired) electrons. The van der Waals surface area contributed by atoms with Gasteiger partial charge in [0, 0.05) is 25.2 Å². The minimum absolute atomic E-state index is 0.0156. The van der Waals surface area contributed by atoms with E-state index in [0.29, 0.717) is 19.6 Å². The van der Waals surface area contributed by atoms with Gasteiger partial charge in [0.25, 0.3) is 5.91 Å². The average molecular weight is 471 g/mol. The van der Waals surface area contributed by atoms with Gasteiger partial charge in [-0.2, -0.15) is 0 Å². The molecule has 2 saturated heterocycles. The van der Waals surface area contributed by atoms with Crippen LogP contribution in [0.1, 0.15) is 31.7 Å². The second-order valence-electron chi connectivity index (χ2n) is 9.32. The van der Waals surface area contributed by atoms with Crippen molar-refractivity contribution in [3.8, 4) is 22.6 Å². The van der Waals surface area contributed by atoms with Crippen LogP contribution in [0.15, 0.2) is 72.8 Å². The molecule has 1 amide bonds. The van der Waals surface area contributed by atoms with Crippen LogP contribution in [-0.2, 0) is 11.2 Å². The van der Waals surface area contributed by atoms with Crippen LogP contribution in [0.2, 0.25) is 0 Å². The number of rotatable bonds is 9. The average Bonchev–Trinajstić information content (AvgIpc) is 3.55. The molecule has 3 aromatic carbocycles. The largest absolute Gasteiger partial charge is 0.492 e. The number of amides is 1. The lowest BCUT2D eigenvalue weighted by Crippen LogP contribution is -2.32. The van der Waals surface area contributed by atoms with E-state index in [1.54, 1.807) is 0 Å². The standard InChI is InChI=1S/C30H34N2O3/c1-2-23-22-26(12-15-28(23)34-21-20-31-17-6-7-18-31)32-19-16-29(30(32)33)35-27-13-10-25(11-14-27)24-8-4-3-5-9-24/h3-5,8-15,22,29H,2,6-7,16-21H2,1H3/t29-/m1/s1. The molecular weight excluding hydrogens is 436 g/mol. The van der Waals surface area contributed by atoms with Gasteiger partial charge < -0.3 is 14.4 Å². The van der Waals surface area contributed by atoms with Crippen molar-refractivity contribution >= 4 is 11.6 Å². The summed E-state index contributed by atoms with van der Waals surface area (Å²) in [7, 11) is 0. The van der Waals surface area contributed by atoms with E-state index in [0.717, 1.165) is 46.8 Å². The fraction of sp³-hybridized carbons (Fsp3) is 0.367. The summed E-state index contributed by atoms with van der Waals surface area (Å²) in [6.07, 6.45) is 3.67. The molecule has 2 aliphatic rings. The van der Waals surface area contributed by atoms with Gasteiger partial charge in [-0.3, -0.25) is 9.69 Å². The molecule has 0 aliphatic carbocycles. The van der Waals surface area contributed by atoms with E-state index in [-0.39, 0.29) is 5.91 Å². The third-order valence-corrected chi connectivity index (χ3v) is 7.00. The van der Waals surface area contributed by atoms with Crippen molar-refractivity contribution in [2.45, 2.75) is 38.7 Å². The number of benzene rings is 3. The van der Waals surface area contributed by atoms with Gasteiger partial charge >= 0.3 is 0 Å². The molecule has 5 heteroatoms. The molecule has 0 spiro atoms. The number of carbonyl (C=O) groups is 1. The van der Waals surface area contributed by atoms with Crippen LogP contribution in [-0.4, -0.2) is 49.7 Å². The Labute approximate surface area is 208 Å². The van der Waals surface area contributed by atoms with Gasteiger partial charge in [-0.25, -0.2) is 0 Å². The van der Waals surface area contributed by atoms with Crippen molar-refractivity contribution in [2.24, 2.45) is 0 Å². The summed E-state index contributed by atoms with van der Waals surface area (Å²) in [5.74, 6) is 1.66. The monoisotopic (exact) mass is 470 g/mol. The molecule has 1 atom stereocenters. The lowest BCUT2D eigenvalue weighted by Gasteiger charge is -2.20. The van der Waals surface area contributed by atoms with E-state index in [2.05, 4.69) is 30.0 Å². The van der Waals surface area contributed by atoms with E-state index in [1.807, 2.05) is 59.5 Å². The lowest BCUT2D eigenvalue weighted by atomic mass is 10.1. The first-order valence-corrected chi connectivity index (χ1v) is 12.8. The van der Waals surface area contributed by atoms with Crippen molar-refractivity contribution in [3.05, 3.63) is 78.4 Å². The fourth-order valence-electron chi connectivity index (χ4n) is 4.98. The third-order valence-electron chi connectivity index (χ3n) is 7.00. The highest BCUT2D eigenvalue weighted by molar-refractivity contribution is 5.99. The Balaban J connectivity index is 1.20. The van der Waals surface area contributed by atoms with Crippen LogP contribution >= 0.6 is 0 Å². The highest BCUT2D eigenvalue weighted by Gasteiger charge is 2.34. The number of ether oxygens (including phenoxy) is 2. The Hall–Kier alpha value is -3.31. The number of carbonyl (C=O) groups excluding carboxylic acids is 1. The van der Waals surface area contributed by atoms with Gasteiger partial charge in [0.2, 0.25) is 0 Å². The molecule has 2 fully saturated rings. The highest BCUT2D eigenvalue weighted by atomic mass is 16.5. The van der Waals surface area contributed by atoms with Gasteiger partial charge in [-0.15, -0.1) is 0 Å². The molecule has 0 bridgehead atoms. The molecule has 0 N–H and O–H groups in total. The first-order valence-electron chi connectivity index (χ1n) is 12.8. The van der Waals surface area contributed by atoms with Crippen LogP contribution in [0, 0.1) is 0 Å². The summed E-state index contributed by atoms with van der Waals surface area (Å²) in [6.45, 7) is 6.82. The quantitative estimate of drug-likeness (QED) is 0.410. The Morgan fingerprint density at radius 3 is 2.37 bits per heavy atom. The second kappa shape index (κ2) is 11.0. The summed E-state index contributed by atoms with van der Waals surface area (Å²) < 4.78 is 12.2. The molecule has 0 unspecified atom stereocenters. The molecule has 2 heterocycles. The second-order valence-corrected chi connectivity index (χ2v) is 9.32. The van der Waals surface area contributed by atoms with Gasteiger partial charge in [0.1, 0.15) is 18.1 Å². The maximum atomic E-state index is 13.2. The van der Waals surface area contributed by atoms with Crippen molar-refractivity contribution in [3.63, 3.8) is 0 Å². The van der Waals surface area contributed by atoms with E-state index in [1.165, 1.54) is 25.9 Å². The van der Waals surface area contributed by atoms with E-state index in [9.17, 15) is 4.79 Å². The van der Waals surface area contributed by atoms with E-state index in [4.69, 9.17) is 9.47 Å². The zero-order valence-electron chi connectivity index (χ0n) is 20.5. The van der Waals surface area contributed by atoms with E-state index < -0.39 is 6.10 Å². The topological polar surface area (TPSA) is 42.0 Å². The number of hydrogen-bond donors (Lipinski definition) is 0. The number of likely N-dealkylation sites (tertiary alicyclic amines) is 1. The molecule has 0 aromatic heterocycles. The van der Waals surface area contributed by atoms with E-state index >= 15 is 0 Å². The summed E-state index contributed by atoms with van der Waals surface area (Å²) in [5, 5.41) is 0. The number of hydrogen-bond acceptors (Lipinski definition) is 4. The zero-order valence-corrected chi connectivity index (χ0v) is 20.5. The summed E-state index contributed by atoms with van der Waals surface area (Å²) >= 11 is 0. The SMILES string of the molecule is CCc1cc(N2CC[C@@H](Oc3ccc(-c4ccccc4)cc3)C2=O)ccc1OCCN1CCCC1. The molecular formula is C30H34N2O3. The molecule has 5 nitrogen and oxygen atoms in total. The normalized spacial score (nSPS) is 18.3. The Morgan fingerprint density at radius 2 is 1.63 bits per heavy atom. The number of nitrogens with zero attached hydrogens (tertiary/aromatic N) is 2. The highest BCUT2D eigenvalue weighted by Crippen LogP contribution is 2.30. The number of aryl methyl sites for hydroxylation is 1.